The monoisotopic (exact) mass is 156 g/mol. The minimum Gasteiger partial charge on any atom is -0.215 e. The van der Waals surface area contributed by atoms with Crippen molar-refractivity contribution in [3.05, 3.63) is 24.3 Å². The number of hydrogen-bond donors (Lipinski definition) is 1. The first-order valence-corrected chi connectivity index (χ1v) is 4.47. The molecule has 1 aromatic carbocycles. The van der Waals surface area contributed by atoms with Crippen molar-refractivity contribution in [1.82, 2.24) is 0 Å². The Kier molecular flexibility index (Phi) is 1.41. The van der Waals surface area contributed by atoms with Gasteiger partial charge in [-0.1, -0.05) is 12.1 Å². The molecule has 0 saturated carbocycles. The summed E-state index contributed by atoms with van der Waals surface area (Å²) in [5.41, 5.74) is 0. The highest BCUT2D eigenvalue weighted by Gasteiger charge is 2.15. The molecule has 1 nitrogen and oxygen atoms in total. The lowest BCUT2D eigenvalue weighted by molar-refractivity contribution is -0.264. The number of fused-ring (bicyclic) bond motifs is 1. The molecule has 0 unspecified atom stereocenters. The zero-order chi connectivity index (χ0) is 6.10. The second-order valence-electron chi connectivity index (χ2n) is 1.78. The van der Waals surface area contributed by atoms with Gasteiger partial charge < -0.3 is 0 Å². The van der Waals surface area contributed by atoms with E-state index >= 15 is 0 Å². The van der Waals surface area contributed by atoms with Crippen molar-refractivity contribution in [1.29, 1.82) is 0 Å². The third kappa shape index (κ3) is 0.956. The Hall–Kier alpha value is -0.120. The predicted octanol–water partition coefficient (Wildman–Crippen LogP) is 1.28. The van der Waals surface area contributed by atoms with Crippen LogP contribution in [0.5, 0.6) is 0 Å². The van der Waals surface area contributed by atoms with Gasteiger partial charge >= 0.3 is 0 Å². The lowest BCUT2D eigenvalue weighted by Gasteiger charge is -1.84. The molecule has 1 aromatic rings. The summed E-state index contributed by atoms with van der Waals surface area (Å²) >= 11 is 3.61. The highest BCUT2D eigenvalue weighted by molar-refractivity contribution is 8.07. The lowest BCUT2D eigenvalue weighted by atomic mass is 10.4. The van der Waals surface area contributed by atoms with Crippen LogP contribution in [0.2, 0.25) is 0 Å². The maximum atomic E-state index is 2.16. The van der Waals surface area contributed by atoms with Crippen molar-refractivity contribution in [3.8, 4) is 0 Å². The van der Waals surface area contributed by atoms with Gasteiger partial charge in [-0.2, -0.15) is 0 Å². The molecular formula is C6H6NS2+. The molecule has 2 N–H and O–H groups in total. The van der Waals surface area contributed by atoms with Gasteiger partial charge in [0, 0.05) is 0 Å². The van der Waals surface area contributed by atoms with Crippen LogP contribution in [0.25, 0.3) is 0 Å². The summed E-state index contributed by atoms with van der Waals surface area (Å²) in [6.45, 7) is 0. The van der Waals surface area contributed by atoms with E-state index in [1.807, 2.05) is 0 Å². The average Bonchev–Trinajstić information content (AvgIpc) is 2.33. The number of quaternary nitrogens is 1. The van der Waals surface area contributed by atoms with Crippen LogP contribution in [0.15, 0.2) is 34.1 Å². The van der Waals surface area contributed by atoms with Crippen LogP contribution in [-0.2, 0) is 0 Å². The topological polar surface area (TPSA) is 16.6 Å². The van der Waals surface area contributed by atoms with E-state index in [1.54, 1.807) is 23.9 Å². The van der Waals surface area contributed by atoms with Crippen LogP contribution in [-0.4, -0.2) is 0 Å². The van der Waals surface area contributed by atoms with Gasteiger partial charge in [-0.05, 0) is 12.1 Å². The smallest absolute Gasteiger partial charge is 0.123 e. The molecule has 0 spiro atoms. The van der Waals surface area contributed by atoms with Gasteiger partial charge in [0.05, 0.1) is 9.79 Å². The third-order valence-corrected chi connectivity index (χ3v) is 3.32. The molecule has 1 heterocycles. The molecule has 2 rings (SSSR count). The van der Waals surface area contributed by atoms with E-state index in [-0.39, 0.29) is 0 Å². The molecule has 0 radical (unpaired) electrons. The average molecular weight is 156 g/mol. The molecule has 0 bridgehead atoms. The number of rotatable bonds is 0. The van der Waals surface area contributed by atoms with Crippen molar-refractivity contribution in [2.24, 2.45) is 0 Å². The Morgan fingerprint density at radius 1 is 1.00 bits per heavy atom. The van der Waals surface area contributed by atoms with Crippen molar-refractivity contribution >= 4 is 23.9 Å². The zero-order valence-electron chi connectivity index (χ0n) is 4.70. The SMILES string of the molecule is c1ccc2c(c1)S[NH2+]S2. The van der Waals surface area contributed by atoms with Gasteiger partial charge in [0.1, 0.15) is 23.9 Å². The van der Waals surface area contributed by atoms with Gasteiger partial charge in [0.2, 0.25) is 0 Å². The Labute approximate surface area is 62.5 Å². The Bertz CT molecular complexity index is 201. The second kappa shape index (κ2) is 2.25. The molecule has 1 aliphatic rings. The molecule has 46 valence electrons. The molecule has 0 amide bonds. The molecule has 0 fully saturated rings. The summed E-state index contributed by atoms with van der Waals surface area (Å²) in [7, 11) is 0. The molecule has 0 aromatic heterocycles. The molecular weight excluding hydrogens is 150 g/mol. The van der Waals surface area contributed by atoms with E-state index in [1.165, 1.54) is 9.79 Å². The van der Waals surface area contributed by atoms with E-state index in [9.17, 15) is 0 Å². The number of benzene rings is 1. The molecule has 0 saturated heterocycles. The van der Waals surface area contributed by atoms with Crippen LogP contribution in [0, 0.1) is 0 Å². The molecule has 9 heavy (non-hydrogen) atoms. The van der Waals surface area contributed by atoms with Gasteiger partial charge in [-0.25, -0.2) is 4.13 Å². The van der Waals surface area contributed by atoms with Crippen LogP contribution in [0.1, 0.15) is 0 Å². The zero-order valence-corrected chi connectivity index (χ0v) is 6.34. The Balaban J connectivity index is 2.54. The van der Waals surface area contributed by atoms with Crippen molar-refractivity contribution in [2.75, 3.05) is 0 Å². The quantitative estimate of drug-likeness (QED) is 0.570. The summed E-state index contributed by atoms with van der Waals surface area (Å²) in [6, 6.07) is 8.45. The Morgan fingerprint density at radius 3 is 2.11 bits per heavy atom. The van der Waals surface area contributed by atoms with Gasteiger partial charge in [-0.15, -0.1) is 0 Å². The fourth-order valence-corrected chi connectivity index (χ4v) is 2.77. The van der Waals surface area contributed by atoms with Crippen molar-refractivity contribution in [2.45, 2.75) is 9.79 Å². The first-order chi connectivity index (χ1) is 4.47. The summed E-state index contributed by atoms with van der Waals surface area (Å²) in [5, 5.41) is 0. The Morgan fingerprint density at radius 2 is 1.56 bits per heavy atom. The maximum absolute atomic E-state index is 2.16. The first kappa shape index (κ1) is 5.65. The largest absolute Gasteiger partial charge is 0.215 e. The predicted molar refractivity (Wildman–Crippen MR) is 40.1 cm³/mol. The van der Waals surface area contributed by atoms with Crippen molar-refractivity contribution in [3.63, 3.8) is 0 Å². The standard InChI is InChI=1S/C6H5NS2/c1-2-4-6-5(3-1)8-7-9-6/h1-4,7H/p+1. The van der Waals surface area contributed by atoms with E-state index in [0.717, 1.165) is 0 Å². The fourth-order valence-electron chi connectivity index (χ4n) is 0.773. The van der Waals surface area contributed by atoms with E-state index in [4.69, 9.17) is 0 Å². The van der Waals surface area contributed by atoms with Crippen LogP contribution >= 0.6 is 23.9 Å². The summed E-state index contributed by atoms with van der Waals surface area (Å²) in [5.74, 6) is 0. The van der Waals surface area contributed by atoms with E-state index in [0.29, 0.717) is 0 Å². The van der Waals surface area contributed by atoms with Gasteiger partial charge in [0.15, 0.2) is 0 Å². The fraction of sp³-hybridized carbons (Fsp3) is 0. The molecule has 0 atom stereocenters. The summed E-state index contributed by atoms with van der Waals surface area (Å²) in [6.07, 6.45) is 0. The van der Waals surface area contributed by atoms with Crippen LogP contribution in [0.4, 0.5) is 0 Å². The van der Waals surface area contributed by atoms with Gasteiger partial charge in [-0.3, -0.25) is 0 Å². The van der Waals surface area contributed by atoms with E-state index < -0.39 is 0 Å². The molecule has 3 heteroatoms. The third-order valence-electron chi connectivity index (χ3n) is 1.20. The highest BCUT2D eigenvalue weighted by Crippen LogP contribution is 2.29. The lowest BCUT2D eigenvalue weighted by Crippen LogP contribution is -2.62. The molecule has 1 aliphatic heterocycles. The second-order valence-corrected chi connectivity index (χ2v) is 3.90. The van der Waals surface area contributed by atoms with Crippen LogP contribution in [0.3, 0.4) is 0 Å². The van der Waals surface area contributed by atoms with Crippen molar-refractivity contribution < 1.29 is 4.13 Å². The molecule has 0 aliphatic carbocycles. The van der Waals surface area contributed by atoms with Gasteiger partial charge in [0.25, 0.3) is 0 Å². The minimum atomic E-state index is 1.39. The number of hydrogen-bond acceptors (Lipinski definition) is 2. The van der Waals surface area contributed by atoms with Crippen LogP contribution < -0.4 is 4.13 Å². The first-order valence-electron chi connectivity index (χ1n) is 2.71. The minimum absolute atomic E-state index is 1.39. The van der Waals surface area contributed by atoms with E-state index in [2.05, 4.69) is 28.4 Å². The summed E-state index contributed by atoms with van der Waals surface area (Å²) < 4.78 is 2.16. The normalized spacial score (nSPS) is 15.6. The maximum Gasteiger partial charge on any atom is 0.123 e. The highest BCUT2D eigenvalue weighted by atomic mass is 32.2. The summed E-state index contributed by atoms with van der Waals surface area (Å²) in [4.78, 5) is 2.78. The number of nitrogens with two attached hydrogens (primary N) is 1.